The third-order valence-electron chi connectivity index (χ3n) is 1.66. The van der Waals surface area contributed by atoms with E-state index in [1.54, 1.807) is 23.9 Å². The summed E-state index contributed by atoms with van der Waals surface area (Å²) < 4.78 is 0. The summed E-state index contributed by atoms with van der Waals surface area (Å²) >= 11 is 1.65. The van der Waals surface area contributed by atoms with Gasteiger partial charge in [-0.1, -0.05) is 0 Å². The number of nitro groups is 1. The molecule has 0 saturated heterocycles. The van der Waals surface area contributed by atoms with Crippen molar-refractivity contribution < 1.29 is 4.92 Å². The average Bonchev–Trinajstić information content (AvgIpc) is 2.49. The van der Waals surface area contributed by atoms with Crippen LogP contribution in [0.3, 0.4) is 0 Å². The molecule has 0 atom stereocenters. The van der Waals surface area contributed by atoms with E-state index in [0.717, 1.165) is 16.5 Å². The predicted molar refractivity (Wildman–Crippen MR) is 47.4 cm³/mol. The minimum atomic E-state index is -0.384. The highest BCUT2D eigenvalue weighted by molar-refractivity contribution is 7.99. The van der Waals surface area contributed by atoms with Gasteiger partial charge < -0.3 is 5.32 Å². The predicted octanol–water partition coefficient (Wildman–Crippen LogP) is 2.07. The van der Waals surface area contributed by atoms with Crippen LogP contribution in [0.5, 0.6) is 0 Å². The molecule has 62 valence electrons. The van der Waals surface area contributed by atoms with Crippen LogP contribution < -0.4 is 5.32 Å². The Balaban J connectivity index is 2.45. The zero-order valence-corrected chi connectivity index (χ0v) is 6.93. The molecule has 0 fully saturated rings. The number of nitrogens with zero attached hydrogens (tertiary/aromatic N) is 1. The lowest BCUT2D eigenvalue weighted by molar-refractivity contribution is -0.384. The van der Waals surface area contributed by atoms with E-state index in [9.17, 15) is 10.1 Å². The van der Waals surface area contributed by atoms with Crippen molar-refractivity contribution in [2.45, 2.75) is 4.90 Å². The summed E-state index contributed by atoms with van der Waals surface area (Å²) in [6.45, 7) is 0. The van der Waals surface area contributed by atoms with Crippen molar-refractivity contribution in [2.75, 3.05) is 11.2 Å². The van der Waals surface area contributed by atoms with Crippen LogP contribution in [0.2, 0.25) is 0 Å². The number of nitrogens with one attached hydrogen (secondary N) is 1. The Morgan fingerprint density at radius 1 is 1.58 bits per heavy atom. The second-order valence-electron chi connectivity index (χ2n) is 2.40. The Morgan fingerprint density at radius 2 is 2.42 bits per heavy atom. The fourth-order valence-electron chi connectivity index (χ4n) is 1.09. The first-order chi connectivity index (χ1) is 5.77. The SMILES string of the molecule is O=[N+]([O-])c1ccc2c(c1)NCS2. The maximum atomic E-state index is 10.4. The van der Waals surface area contributed by atoms with Crippen LogP contribution in [-0.4, -0.2) is 10.8 Å². The maximum Gasteiger partial charge on any atom is 0.271 e. The van der Waals surface area contributed by atoms with E-state index in [1.807, 2.05) is 0 Å². The summed E-state index contributed by atoms with van der Waals surface area (Å²) in [5.41, 5.74) is 1.01. The Hall–Kier alpha value is -1.23. The number of non-ortho nitro benzene ring substituents is 1. The van der Waals surface area contributed by atoms with Crippen LogP contribution in [-0.2, 0) is 0 Å². The molecule has 4 nitrogen and oxygen atoms in total. The molecular weight excluding hydrogens is 176 g/mol. The van der Waals surface area contributed by atoms with Gasteiger partial charge in [-0.2, -0.15) is 0 Å². The van der Waals surface area contributed by atoms with Crippen LogP contribution in [0.1, 0.15) is 0 Å². The summed E-state index contributed by atoms with van der Waals surface area (Å²) in [6, 6.07) is 4.87. The highest BCUT2D eigenvalue weighted by Crippen LogP contribution is 2.35. The molecule has 1 aromatic rings. The minimum absolute atomic E-state index is 0.142. The molecule has 0 bridgehead atoms. The molecule has 5 heteroatoms. The first-order valence-corrected chi connectivity index (χ1v) is 4.41. The molecule has 0 saturated carbocycles. The molecule has 0 amide bonds. The van der Waals surface area contributed by atoms with E-state index in [0.29, 0.717) is 0 Å². The second kappa shape index (κ2) is 2.67. The van der Waals surface area contributed by atoms with Gasteiger partial charge in [0.15, 0.2) is 0 Å². The number of nitro benzene ring substituents is 1. The van der Waals surface area contributed by atoms with Crippen molar-refractivity contribution in [1.29, 1.82) is 0 Å². The summed E-state index contributed by atoms with van der Waals surface area (Å²) in [5.74, 6) is 0.802. The number of rotatable bonds is 1. The van der Waals surface area contributed by atoms with Crippen LogP contribution in [0.15, 0.2) is 23.1 Å². The largest absolute Gasteiger partial charge is 0.375 e. The van der Waals surface area contributed by atoms with Gasteiger partial charge in [0.2, 0.25) is 0 Å². The minimum Gasteiger partial charge on any atom is -0.375 e. The molecular formula is C7H6N2O2S. The Morgan fingerprint density at radius 3 is 3.17 bits per heavy atom. The lowest BCUT2D eigenvalue weighted by Gasteiger charge is -1.96. The van der Waals surface area contributed by atoms with Gasteiger partial charge in [0.1, 0.15) is 0 Å². The van der Waals surface area contributed by atoms with Crippen LogP contribution in [0.25, 0.3) is 0 Å². The van der Waals surface area contributed by atoms with E-state index in [4.69, 9.17) is 0 Å². The Labute approximate surface area is 73.1 Å². The molecule has 1 aromatic carbocycles. The van der Waals surface area contributed by atoms with E-state index >= 15 is 0 Å². The number of fused-ring (bicyclic) bond motifs is 1. The lowest BCUT2D eigenvalue weighted by atomic mass is 10.3. The van der Waals surface area contributed by atoms with E-state index < -0.39 is 0 Å². The lowest BCUT2D eigenvalue weighted by Crippen LogP contribution is -1.91. The average molecular weight is 182 g/mol. The van der Waals surface area contributed by atoms with Crippen molar-refractivity contribution in [3.05, 3.63) is 28.3 Å². The van der Waals surface area contributed by atoms with Crippen LogP contribution in [0.4, 0.5) is 11.4 Å². The monoisotopic (exact) mass is 182 g/mol. The van der Waals surface area contributed by atoms with Crippen molar-refractivity contribution in [2.24, 2.45) is 0 Å². The van der Waals surface area contributed by atoms with Gasteiger partial charge in [0.25, 0.3) is 5.69 Å². The van der Waals surface area contributed by atoms with Gasteiger partial charge >= 0.3 is 0 Å². The molecule has 1 N–H and O–H groups in total. The number of hydrogen-bond donors (Lipinski definition) is 1. The molecule has 0 aromatic heterocycles. The Kier molecular flexibility index (Phi) is 1.65. The van der Waals surface area contributed by atoms with E-state index in [-0.39, 0.29) is 10.6 Å². The summed E-state index contributed by atoms with van der Waals surface area (Å²) in [4.78, 5) is 11.1. The van der Waals surface area contributed by atoms with Gasteiger partial charge in [0.05, 0.1) is 16.5 Å². The van der Waals surface area contributed by atoms with E-state index in [1.165, 1.54) is 6.07 Å². The zero-order valence-electron chi connectivity index (χ0n) is 6.11. The summed E-state index contributed by atoms with van der Waals surface area (Å²) in [5, 5.41) is 13.4. The van der Waals surface area contributed by atoms with Gasteiger partial charge in [0, 0.05) is 17.0 Å². The second-order valence-corrected chi connectivity index (χ2v) is 3.42. The molecule has 1 heterocycles. The molecule has 0 radical (unpaired) electrons. The topological polar surface area (TPSA) is 55.2 Å². The molecule has 0 aliphatic carbocycles. The highest BCUT2D eigenvalue weighted by Gasteiger charge is 2.14. The van der Waals surface area contributed by atoms with Crippen LogP contribution >= 0.6 is 11.8 Å². The first kappa shape index (κ1) is 7.42. The Bertz CT molecular complexity index is 340. The fourth-order valence-corrected chi connectivity index (χ4v) is 1.92. The van der Waals surface area contributed by atoms with Crippen molar-refractivity contribution in [1.82, 2.24) is 0 Å². The number of anilines is 1. The normalized spacial score (nSPS) is 13.7. The molecule has 12 heavy (non-hydrogen) atoms. The zero-order chi connectivity index (χ0) is 8.55. The van der Waals surface area contributed by atoms with Crippen molar-refractivity contribution in [3.63, 3.8) is 0 Å². The van der Waals surface area contributed by atoms with Gasteiger partial charge in [-0.3, -0.25) is 10.1 Å². The highest BCUT2D eigenvalue weighted by atomic mass is 32.2. The maximum absolute atomic E-state index is 10.4. The third kappa shape index (κ3) is 1.12. The molecule has 1 aliphatic heterocycles. The van der Waals surface area contributed by atoms with Gasteiger partial charge in [-0.05, 0) is 6.07 Å². The van der Waals surface area contributed by atoms with Crippen LogP contribution in [0, 0.1) is 10.1 Å². The number of benzene rings is 1. The van der Waals surface area contributed by atoms with Gasteiger partial charge in [-0.25, -0.2) is 0 Å². The van der Waals surface area contributed by atoms with E-state index in [2.05, 4.69) is 5.32 Å². The van der Waals surface area contributed by atoms with Crippen molar-refractivity contribution in [3.8, 4) is 0 Å². The standard InChI is InChI=1S/C7H6N2O2S/c10-9(11)5-1-2-7-6(3-5)8-4-12-7/h1-3,8H,4H2. The quantitative estimate of drug-likeness (QED) is 0.533. The smallest absolute Gasteiger partial charge is 0.271 e. The molecule has 1 aliphatic rings. The number of hydrogen-bond acceptors (Lipinski definition) is 4. The molecule has 2 rings (SSSR count). The first-order valence-electron chi connectivity index (χ1n) is 3.42. The fraction of sp³-hybridized carbons (Fsp3) is 0.143. The molecule has 0 unspecified atom stereocenters. The summed E-state index contributed by atoms with van der Waals surface area (Å²) in [6.07, 6.45) is 0. The van der Waals surface area contributed by atoms with Crippen molar-refractivity contribution >= 4 is 23.1 Å². The molecule has 0 spiro atoms. The third-order valence-corrected chi connectivity index (χ3v) is 2.62. The summed E-state index contributed by atoms with van der Waals surface area (Å²) in [7, 11) is 0. The number of thioether (sulfide) groups is 1. The van der Waals surface area contributed by atoms with Gasteiger partial charge in [-0.15, -0.1) is 11.8 Å².